The molecule has 0 heterocycles. The molecule has 1 unspecified atom stereocenters. The number of nitrogens with one attached hydrogen (secondary N) is 1. The molecule has 1 atom stereocenters. The van der Waals surface area contributed by atoms with Crippen molar-refractivity contribution in [2.24, 2.45) is 0 Å². The van der Waals surface area contributed by atoms with Crippen molar-refractivity contribution in [2.45, 2.75) is 51.6 Å². The number of nitrogens with zero attached hydrogens (tertiary/aromatic N) is 1. The van der Waals surface area contributed by atoms with Gasteiger partial charge < -0.3 is 10.2 Å². The fraction of sp³-hybridized carbons (Fsp3) is 0.391. The standard InChI is InChI=1S/C23H28Cl2N2O2S/c1-16(22(29)26-23(2,3)4)27(13-18-9-5-6-11-20(18)25)21(28)15-30-14-17-8-7-10-19(24)12-17/h5-12,16H,13-15H2,1-4H3,(H,26,29). The van der Waals surface area contributed by atoms with Crippen molar-refractivity contribution in [1.82, 2.24) is 10.2 Å². The zero-order valence-corrected chi connectivity index (χ0v) is 20.1. The van der Waals surface area contributed by atoms with E-state index in [-0.39, 0.29) is 29.7 Å². The molecule has 1 N–H and O–H groups in total. The van der Waals surface area contributed by atoms with Crippen molar-refractivity contribution in [3.8, 4) is 0 Å². The lowest BCUT2D eigenvalue weighted by Gasteiger charge is -2.31. The highest BCUT2D eigenvalue weighted by Gasteiger charge is 2.28. The SMILES string of the molecule is CC(C(=O)NC(C)(C)C)N(Cc1ccccc1Cl)C(=O)CSCc1cccc(Cl)c1. The van der Waals surface area contributed by atoms with E-state index < -0.39 is 6.04 Å². The lowest BCUT2D eigenvalue weighted by Crippen LogP contribution is -2.52. The second-order valence-electron chi connectivity index (χ2n) is 8.15. The third-order valence-corrected chi connectivity index (χ3v) is 5.94. The molecule has 30 heavy (non-hydrogen) atoms. The van der Waals surface area contributed by atoms with Crippen LogP contribution in [0.4, 0.5) is 0 Å². The van der Waals surface area contributed by atoms with Gasteiger partial charge in [0.05, 0.1) is 5.75 Å². The van der Waals surface area contributed by atoms with Crippen molar-refractivity contribution in [2.75, 3.05) is 5.75 Å². The van der Waals surface area contributed by atoms with E-state index in [9.17, 15) is 9.59 Å². The first-order chi connectivity index (χ1) is 14.1. The van der Waals surface area contributed by atoms with E-state index in [0.29, 0.717) is 15.8 Å². The van der Waals surface area contributed by atoms with Gasteiger partial charge in [-0.2, -0.15) is 0 Å². The lowest BCUT2D eigenvalue weighted by molar-refractivity contribution is -0.139. The summed E-state index contributed by atoms with van der Waals surface area (Å²) in [6.07, 6.45) is 0. The zero-order chi connectivity index (χ0) is 22.3. The molecule has 0 saturated heterocycles. The number of hydrogen-bond acceptors (Lipinski definition) is 3. The predicted octanol–water partition coefficient (Wildman–Crippen LogP) is 5.56. The molecule has 2 aromatic rings. The number of carbonyl (C=O) groups excluding carboxylic acids is 2. The predicted molar refractivity (Wildman–Crippen MR) is 127 cm³/mol. The Morgan fingerprint density at radius 1 is 1.10 bits per heavy atom. The third-order valence-electron chi connectivity index (χ3n) is 4.35. The molecular weight excluding hydrogens is 439 g/mol. The van der Waals surface area contributed by atoms with Gasteiger partial charge in [0.2, 0.25) is 11.8 Å². The van der Waals surface area contributed by atoms with Gasteiger partial charge in [-0.15, -0.1) is 11.8 Å². The van der Waals surface area contributed by atoms with Crippen LogP contribution in [0.25, 0.3) is 0 Å². The van der Waals surface area contributed by atoms with E-state index >= 15 is 0 Å². The molecule has 4 nitrogen and oxygen atoms in total. The Labute approximate surface area is 193 Å². The maximum Gasteiger partial charge on any atom is 0.242 e. The highest BCUT2D eigenvalue weighted by molar-refractivity contribution is 7.99. The fourth-order valence-electron chi connectivity index (χ4n) is 2.83. The number of rotatable bonds is 8. The summed E-state index contributed by atoms with van der Waals surface area (Å²) in [6, 6.07) is 14.3. The van der Waals surface area contributed by atoms with Crippen LogP contribution in [0, 0.1) is 0 Å². The van der Waals surface area contributed by atoms with Gasteiger partial charge in [-0.05, 0) is 57.0 Å². The van der Waals surface area contributed by atoms with E-state index in [1.807, 2.05) is 63.2 Å². The topological polar surface area (TPSA) is 49.4 Å². The van der Waals surface area contributed by atoms with Crippen LogP contribution in [0.15, 0.2) is 48.5 Å². The molecular formula is C23H28Cl2N2O2S. The van der Waals surface area contributed by atoms with E-state index in [2.05, 4.69) is 5.32 Å². The van der Waals surface area contributed by atoms with Gasteiger partial charge in [0.1, 0.15) is 6.04 Å². The molecule has 0 bridgehead atoms. The molecule has 7 heteroatoms. The summed E-state index contributed by atoms with van der Waals surface area (Å²) < 4.78 is 0. The molecule has 0 saturated carbocycles. The van der Waals surface area contributed by atoms with Crippen LogP contribution in [0.5, 0.6) is 0 Å². The van der Waals surface area contributed by atoms with E-state index in [0.717, 1.165) is 11.1 Å². The Morgan fingerprint density at radius 3 is 2.43 bits per heavy atom. The molecule has 0 fully saturated rings. The first kappa shape index (κ1) is 24.6. The summed E-state index contributed by atoms with van der Waals surface area (Å²) in [5.74, 6) is 0.611. The van der Waals surface area contributed by atoms with Gasteiger partial charge in [-0.1, -0.05) is 53.5 Å². The van der Waals surface area contributed by atoms with Crippen molar-refractivity contribution in [3.05, 3.63) is 69.7 Å². The van der Waals surface area contributed by atoms with Crippen LogP contribution >= 0.6 is 35.0 Å². The average Bonchev–Trinajstić information content (AvgIpc) is 2.65. The Hall–Kier alpha value is -1.69. The van der Waals surface area contributed by atoms with Gasteiger partial charge in [0, 0.05) is 27.9 Å². The molecule has 0 aliphatic rings. The highest BCUT2D eigenvalue weighted by atomic mass is 35.5. The molecule has 0 aliphatic heterocycles. The first-order valence-corrected chi connectivity index (χ1v) is 11.6. The number of hydrogen-bond donors (Lipinski definition) is 1. The quantitative estimate of drug-likeness (QED) is 0.553. The zero-order valence-electron chi connectivity index (χ0n) is 17.7. The minimum absolute atomic E-state index is 0.112. The molecule has 0 aliphatic carbocycles. The summed E-state index contributed by atoms with van der Waals surface area (Å²) in [4.78, 5) is 27.4. The summed E-state index contributed by atoms with van der Waals surface area (Å²) in [7, 11) is 0. The van der Waals surface area contributed by atoms with Crippen LogP contribution in [-0.2, 0) is 21.9 Å². The molecule has 2 aromatic carbocycles. The highest BCUT2D eigenvalue weighted by Crippen LogP contribution is 2.21. The third kappa shape index (κ3) is 7.86. The van der Waals surface area contributed by atoms with Crippen LogP contribution < -0.4 is 5.32 Å². The van der Waals surface area contributed by atoms with Crippen molar-refractivity contribution >= 4 is 46.8 Å². The number of thioether (sulfide) groups is 1. The van der Waals surface area contributed by atoms with Crippen molar-refractivity contribution in [3.63, 3.8) is 0 Å². The number of benzene rings is 2. The van der Waals surface area contributed by atoms with Crippen LogP contribution in [-0.4, -0.2) is 34.0 Å². The largest absolute Gasteiger partial charge is 0.350 e. The van der Waals surface area contributed by atoms with Gasteiger partial charge in [-0.3, -0.25) is 9.59 Å². The smallest absolute Gasteiger partial charge is 0.242 e. The maximum absolute atomic E-state index is 13.1. The molecule has 0 spiro atoms. The normalized spacial score (nSPS) is 12.3. The molecule has 162 valence electrons. The first-order valence-electron chi connectivity index (χ1n) is 9.74. The Kier molecular flexibility index (Phi) is 9.08. The molecule has 0 radical (unpaired) electrons. The van der Waals surface area contributed by atoms with Crippen molar-refractivity contribution < 1.29 is 9.59 Å². The van der Waals surface area contributed by atoms with Crippen molar-refractivity contribution in [1.29, 1.82) is 0 Å². The Balaban J connectivity index is 2.11. The summed E-state index contributed by atoms with van der Waals surface area (Å²) in [5, 5.41) is 4.20. The van der Waals surface area contributed by atoms with Crippen LogP contribution in [0.2, 0.25) is 10.0 Å². The average molecular weight is 467 g/mol. The monoisotopic (exact) mass is 466 g/mol. The molecule has 2 rings (SSSR count). The van der Waals surface area contributed by atoms with Gasteiger partial charge in [-0.25, -0.2) is 0 Å². The summed E-state index contributed by atoms with van der Waals surface area (Å²) in [5.41, 5.74) is 1.48. The second kappa shape index (κ2) is 11.1. The number of halogens is 2. The maximum atomic E-state index is 13.1. The number of carbonyl (C=O) groups is 2. The lowest BCUT2D eigenvalue weighted by atomic mass is 10.1. The summed E-state index contributed by atoms with van der Waals surface area (Å²) >= 11 is 13.8. The molecule has 0 aromatic heterocycles. The van der Waals surface area contributed by atoms with Crippen LogP contribution in [0.3, 0.4) is 0 Å². The Morgan fingerprint density at radius 2 is 1.80 bits per heavy atom. The Bertz CT molecular complexity index is 884. The van der Waals surface area contributed by atoms with Gasteiger partial charge >= 0.3 is 0 Å². The van der Waals surface area contributed by atoms with Gasteiger partial charge in [0.25, 0.3) is 0 Å². The minimum Gasteiger partial charge on any atom is -0.350 e. The van der Waals surface area contributed by atoms with Crippen LogP contribution in [0.1, 0.15) is 38.8 Å². The minimum atomic E-state index is -0.625. The second-order valence-corrected chi connectivity index (χ2v) is 9.98. The molecule has 2 amide bonds. The summed E-state index contributed by atoms with van der Waals surface area (Å²) in [6.45, 7) is 7.77. The van der Waals surface area contributed by atoms with E-state index in [1.165, 1.54) is 11.8 Å². The van der Waals surface area contributed by atoms with E-state index in [4.69, 9.17) is 23.2 Å². The number of amides is 2. The van der Waals surface area contributed by atoms with Gasteiger partial charge in [0.15, 0.2) is 0 Å². The van der Waals surface area contributed by atoms with E-state index in [1.54, 1.807) is 17.9 Å². The fourth-order valence-corrected chi connectivity index (χ4v) is 4.10.